The lowest BCUT2D eigenvalue weighted by molar-refractivity contribution is -0.143. The van der Waals surface area contributed by atoms with Crippen LogP contribution in [0.5, 0.6) is 5.75 Å². The Balaban J connectivity index is 1.27. The number of fused-ring (bicyclic) bond motifs is 3. The summed E-state index contributed by atoms with van der Waals surface area (Å²) in [6, 6.07) is 3.30. The highest BCUT2D eigenvalue weighted by atomic mass is 32.2. The third-order valence-electron chi connectivity index (χ3n) is 11.3. The van der Waals surface area contributed by atoms with Crippen molar-refractivity contribution in [1.29, 1.82) is 0 Å². The number of allylic oxidation sites excluding steroid dienone is 1. The standard InChI is InChI=1S/C39H55N5O10S/c1-7-25-19-39(25,34(47)42-55(50,51)27-14-15-27)41-32(45)29-18-26-21-44(29)33(46)31(37(2,3)4)40-35(48)53-23-38(5,6)16-9-8-10-17-52-30-13-11-12-24-20-43(22-28(24)30)36(49)54-26/h8,10-13,25-27,29,31H,7,9,14-23H2,1-6H3,(H,40,48)(H,41,45)(H,42,47)/b10-8+/t25-,26?,29-,31+,39-/m0/s1. The molecule has 3 N–H and O–H groups in total. The Morgan fingerprint density at radius 1 is 1.05 bits per heavy atom. The molecule has 5 aliphatic rings. The number of benzene rings is 1. The monoisotopic (exact) mass is 785 g/mol. The molecule has 5 amide bonds. The molecular weight excluding hydrogens is 731 g/mol. The molecule has 15 nitrogen and oxygen atoms in total. The van der Waals surface area contributed by atoms with Gasteiger partial charge >= 0.3 is 12.2 Å². The third kappa shape index (κ3) is 9.05. The fourth-order valence-electron chi connectivity index (χ4n) is 7.65. The lowest BCUT2D eigenvalue weighted by Crippen LogP contribution is -2.60. The topological polar surface area (TPSA) is 190 Å². The molecule has 0 radical (unpaired) electrons. The molecule has 1 unspecified atom stereocenters. The van der Waals surface area contributed by atoms with E-state index in [-0.39, 0.29) is 50.4 Å². The zero-order valence-corrected chi connectivity index (χ0v) is 33.5. The first-order valence-corrected chi connectivity index (χ1v) is 20.8. The number of rotatable bonds is 6. The Hall–Kier alpha value is -4.34. The first-order chi connectivity index (χ1) is 25.8. The summed E-state index contributed by atoms with van der Waals surface area (Å²) < 4.78 is 45.3. The number of ether oxygens (including phenoxy) is 3. The van der Waals surface area contributed by atoms with Gasteiger partial charge in [-0.25, -0.2) is 18.0 Å². The number of nitrogens with zero attached hydrogens (tertiary/aromatic N) is 2. The number of hydrogen-bond donors (Lipinski definition) is 3. The lowest BCUT2D eigenvalue weighted by atomic mass is 9.85. The van der Waals surface area contributed by atoms with E-state index in [1.54, 1.807) is 20.8 Å². The van der Waals surface area contributed by atoms with Gasteiger partial charge in [0.1, 0.15) is 36.1 Å². The fourth-order valence-corrected chi connectivity index (χ4v) is 9.01. The van der Waals surface area contributed by atoms with Crippen LogP contribution in [0.2, 0.25) is 0 Å². The Morgan fingerprint density at radius 3 is 2.47 bits per heavy atom. The van der Waals surface area contributed by atoms with E-state index in [2.05, 4.69) is 15.4 Å². The molecule has 6 rings (SSSR count). The molecule has 16 heteroatoms. The summed E-state index contributed by atoms with van der Waals surface area (Å²) in [5.74, 6) is -1.74. The summed E-state index contributed by atoms with van der Waals surface area (Å²) in [7, 11) is -3.89. The Bertz CT molecular complexity index is 1840. The van der Waals surface area contributed by atoms with Crippen molar-refractivity contribution in [3.63, 3.8) is 0 Å². The van der Waals surface area contributed by atoms with Crippen LogP contribution in [0.25, 0.3) is 0 Å². The van der Waals surface area contributed by atoms with Gasteiger partial charge in [0, 0.05) is 18.5 Å². The van der Waals surface area contributed by atoms with Crippen LogP contribution in [-0.4, -0.2) is 96.9 Å². The third-order valence-corrected chi connectivity index (χ3v) is 13.1. The van der Waals surface area contributed by atoms with E-state index >= 15 is 0 Å². The average molecular weight is 786 g/mol. The van der Waals surface area contributed by atoms with E-state index in [9.17, 15) is 32.4 Å². The minimum absolute atomic E-state index is 0.0881. The van der Waals surface area contributed by atoms with Gasteiger partial charge in [-0.2, -0.15) is 0 Å². The van der Waals surface area contributed by atoms with Gasteiger partial charge in [0.2, 0.25) is 21.8 Å². The van der Waals surface area contributed by atoms with Gasteiger partial charge in [-0.15, -0.1) is 0 Å². The second kappa shape index (κ2) is 15.3. The van der Waals surface area contributed by atoms with E-state index in [0.29, 0.717) is 38.0 Å². The van der Waals surface area contributed by atoms with Crippen molar-refractivity contribution in [1.82, 2.24) is 25.2 Å². The van der Waals surface area contributed by atoms with Gasteiger partial charge in [0.15, 0.2) is 0 Å². The summed E-state index contributed by atoms with van der Waals surface area (Å²) in [5, 5.41) is 4.91. The summed E-state index contributed by atoms with van der Waals surface area (Å²) >= 11 is 0. The van der Waals surface area contributed by atoms with Crippen LogP contribution >= 0.6 is 0 Å². The average Bonchev–Trinajstić information content (AvgIpc) is 4.00. The van der Waals surface area contributed by atoms with Gasteiger partial charge in [-0.1, -0.05) is 72.2 Å². The maximum Gasteiger partial charge on any atom is 0.410 e. The van der Waals surface area contributed by atoms with Gasteiger partial charge in [0.05, 0.1) is 24.9 Å². The van der Waals surface area contributed by atoms with Crippen molar-refractivity contribution < 1.29 is 46.6 Å². The van der Waals surface area contributed by atoms with E-state index in [1.165, 1.54) is 9.80 Å². The smallest absolute Gasteiger partial charge is 0.410 e. The zero-order chi connectivity index (χ0) is 39.9. The van der Waals surface area contributed by atoms with Gasteiger partial charge in [0.25, 0.3) is 5.91 Å². The predicted octanol–water partition coefficient (Wildman–Crippen LogP) is 3.90. The number of amides is 5. The van der Waals surface area contributed by atoms with Gasteiger partial charge < -0.3 is 29.7 Å². The molecule has 302 valence electrons. The number of sulfonamides is 1. The molecule has 3 fully saturated rings. The number of alkyl carbamates (subject to hydrolysis) is 1. The molecule has 55 heavy (non-hydrogen) atoms. The summed E-state index contributed by atoms with van der Waals surface area (Å²) in [4.78, 5) is 72.1. The highest BCUT2D eigenvalue weighted by Crippen LogP contribution is 2.47. The van der Waals surface area contributed by atoms with E-state index in [0.717, 1.165) is 17.5 Å². The fraction of sp³-hybridized carbons (Fsp3) is 0.667. The maximum atomic E-state index is 14.5. The largest absolute Gasteiger partial charge is 0.489 e. The highest BCUT2D eigenvalue weighted by molar-refractivity contribution is 7.91. The number of cyclic esters (lactones) is 1. The molecular formula is C39H55N5O10S. The minimum atomic E-state index is -3.89. The molecule has 4 bridgehead atoms. The first kappa shape index (κ1) is 40.3. The molecule has 1 aromatic rings. The van der Waals surface area contributed by atoms with Crippen LogP contribution in [0, 0.1) is 16.7 Å². The number of nitrogens with one attached hydrogen (secondary N) is 3. The Kier molecular flexibility index (Phi) is 11.2. The number of hydrogen-bond acceptors (Lipinski definition) is 10. The maximum absolute atomic E-state index is 14.5. The van der Waals surface area contributed by atoms with Crippen LogP contribution in [-0.2, 0) is 47.0 Å². The zero-order valence-electron chi connectivity index (χ0n) is 32.6. The molecule has 1 aromatic carbocycles. The van der Waals surface area contributed by atoms with Crippen LogP contribution in [0.1, 0.15) is 97.6 Å². The Morgan fingerprint density at radius 2 is 1.80 bits per heavy atom. The van der Waals surface area contributed by atoms with Crippen LogP contribution < -0.4 is 20.1 Å². The molecule has 0 spiro atoms. The number of carbonyl (C=O) groups excluding carboxylic acids is 5. The van der Waals surface area contributed by atoms with E-state index < -0.39 is 74.3 Å². The molecule has 2 aliphatic carbocycles. The molecule has 5 atom stereocenters. The summed E-state index contributed by atoms with van der Waals surface area (Å²) in [5.41, 5.74) is -0.902. The predicted molar refractivity (Wildman–Crippen MR) is 201 cm³/mol. The summed E-state index contributed by atoms with van der Waals surface area (Å²) in [6.45, 7) is 11.9. The summed E-state index contributed by atoms with van der Waals surface area (Å²) in [6.07, 6.45) is 4.61. The Labute approximate surface area is 323 Å². The van der Waals surface area contributed by atoms with Crippen LogP contribution in [0.4, 0.5) is 9.59 Å². The molecule has 3 aliphatic heterocycles. The second-order valence-corrected chi connectivity index (χ2v) is 19.4. The normalized spacial score (nSPS) is 29.4. The number of carbonyl (C=O) groups is 5. The van der Waals surface area contributed by atoms with Crippen LogP contribution in [0.15, 0.2) is 30.4 Å². The van der Waals surface area contributed by atoms with Crippen molar-refractivity contribution in [3.8, 4) is 5.75 Å². The quantitative estimate of drug-likeness (QED) is 0.357. The molecule has 3 heterocycles. The SMILES string of the molecule is CC[C@H]1C[C@@]1(NC(=O)[C@@H]1CC2CN1C(=O)[C@H](C(C)(C)C)NC(=O)OCC(C)(C)CC/C=C/COc1cccc3c1CN(C3)C(=O)O2)C(=O)NS(=O)(=O)C1CC1. The van der Waals surface area contributed by atoms with Crippen LogP contribution in [0.3, 0.4) is 0 Å². The van der Waals surface area contributed by atoms with Crippen molar-refractivity contribution in [3.05, 3.63) is 41.5 Å². The highest BCUT2D eigenvalue weighted by Gasteiger charge is 2.62. The van der Waals surface area contributed by atoms with E-state index in [4.69, 9.17) is 14.2 Å². The van der Waals surface area contributed by atoms with E-state index in [1.807, 2.05) is 51.1 Å². The van der Waals surface area contributed by atoms with Gasteiger partial charge in [-0.05, 0) is 60.5 Å². The van der Waals surface area contributed by atoms with Crippen molar-refractivity contribution >= 4 is 39.9 Å². The van der Waals surface area contributed by atoms with Crippen molar-refractivity contribution in [2.45, 2.75) is 129 Å². The molecule has 2 saturated carbocycles. The second-order valence-electron chi connectivity index (χ2n) is 17.4. The minimum Gasteiger partial charge on any atom is -0.489 e. The molecule has 0 aromatic heterocycles. The van der Waals surface area contributed by atoms with Crippen molar-refractivity contribution in [2.24, 2.45) is 16.7 Å². The van der Waals surface area contributed by atoms with Crippen molar-refractivity contribution in [2.75, 3.05) is 19.8 Å². The first-order valence-electron chi connectivity index (χ1n) is 19.3. The molecule has 1 saturated heterocycles. The van der Waals surface area contributed by atoms with Gasteiger partial charge in [-0.3, -0.25) is 24.0 Å². The lowest BCUT2D eigenvalue weighted by Gasteiger charge is -2.35.